The number of hydrogen-bond acceptors (Lipinski definition) is 6. The molecule has 4 rings (SSSR count). The summed E-state index contributed by atoms with van der Waals surface area (Å²) in [5.74, 6) is 2.54. The first-order valence-electron chi connectivity index (χ1n) is 8.41. The van der Waals surface area contributed by atoms with Crippen LogP contribution in [0, 0.1) is 0 Å². The van der Waals surface area contributed by atoms with E-state index >= 15 is 0 Å². The Bertz CT molecular complexity index is 817. The van der Waals surface area contributed by atoms with Gasteiger partial charge in [-0.3, -0.25) is 9.88 Å². The van der Waals surface area contributed by atoms with Crippen LogP contribution in [0.1, 0.15) is 23.8 Å². The minimum Gasteiger partial charge on any atom is -0.497 e. The van der Waals surface area contributed by atoms with Crippen molar-refractivity contribution in [3.05, 3.63) is 60.2 Å². The van der Waals surface area contributed by atoms with Crippen molar-refractivity contribution in [1.82, 2.24) is 20.0 Å². The second kappa shape index (κ2) is 7.03. The first-order chi connectivity index (χ1) is 12.3. The first-order valence-corrected chi connectivity index (χ1v) is 8.41. The van der Waals surface area contributed by atoms with Gasteiger partial charge in [-0.15, -0.1) is 0 Å². The molecule has 0 radical (unpaired) electrons. The van der Waals surface area contributed by atoms with E-state index in [-0.39, 0.29) is 0 Å². The number of rotatable bonds is 5. The van der Waals surface area contributed by atoms with Crippen LogP contribution in [0.4, 0.5) is 0 Å². The van der Waals surface area contributed by atoms with Crippen molar-refractivity contribution < 1.29 is 9.26 Å². The summed E-state index contributed by atoms with van der Waals surface area (Å²) >= 11 is 0. The Morgan fingerprint density at radius 1 is 1.16 bits per heavy atom. The van der Waals surface area contributed by atoms with Crippen LogP contribution >= 0.6 is 0 Å². The third-order valence-electron chi connectivity index (χ3n) is 4.57. The number of aromatic nitrogens is 3. The molecular formula is C19H20N4O2. The number of hydrogen-bond donors (Lipinski definition) is 0. The minimum absolute atomic E-state index is 0.293. The molecule has 6 heteroatoms. The maximum absolute atomic E-state index is 5.51. The summed E-state index contributed by atoms with van der Waals surface area (Å²) in [5.41, 5.74) is 2.21. The Balaban J connectivity index is 1.39. The van der Waals surface area contributed by atoms with Crippen molar-refractivity contribution in [2.24, 2.45) is 0 Å². The van der Waals surface area contributed by atoms with Gasteiger partial charge in [0, 0.05) is 31.0 Å². The van der Waals surface area contributed by atoms with E-state index in [1.165, 1.54) is 5.56 Å². The van der Waals surface area contributed by atoms with Gasteiger partial charge in [0.15, 0.2) is 0 Å². The van der Waals surface area contributed by atoms with Crippen LogP contribution in [0.25, 0.3) is 11.4 Å². The molecule has 0 N–H and O–H groups in total. The molecule has 1 saturated heterocycles. The number of likely N-dealkylation sites (tertiary alicyclic amines) is 1. The monoisotopic (exact) mass is 336 g/mol. The predicted octanol–water partition coefficient (Wildman–Crippen LogP) is 3.13. The van der Waals surface area contributed by atoms with E-state index in [1.807, 2.05) is 24.3 Å². The molecule has 128 valence electrons. The summed E-state index contributed by atoms with van der Waals surface area (Å²) in [6.07, 6.45) is 4.50. The largest absolute Gasteiger partial charge is 0.497 e. The molecule has 1 aliphatic rings. The van der Waals surface area contributed by atoms with Crippen molar-refractivity contribution >= 4 is 0 Å². The molecule has 1 aliphatic heterocycles. The Hall–Kier alpha value is -2.73. The smallest absolute Gasteiger partial charge is 0.231 e. The predicted molar refractivity (Wildman–Crippen MR) is 93.2 cm³/mol. The number of pyridine rings is 1. The highest BCUT2D eigenvalue weighted by atomic mass is 16.5. The van der Waals surface area contributed by atoms with E-state index in [4.69, 9.17) is 9.26 Å². The average molecular weight is 336 g/mol. The molecule has 0 bridgehead atoms. The Morgan fingerprint density at radius 3 is 2.72 bits per heavy atom. The van der Waals surface area contributed by atoms with Gasteiger partial charge in [-0.05, 0) is 42.8 Å². The lowest BCUT2D eigenvalue weighted by Gasteiger charge is -2.15. The maximum atomic E-state index is 5.51. The van der Waals surface area contributed by atoms with E-state index in [0.717, 1.165) is 43.3 Å². The highest BCUT2D eigenvalue weighted by Gasteiger charge is 2.28. The van der Waals surface area contributed by atoms with Gasteiger partial charge in [0.25, 0.3) is 0 Å². The fourth-order valence-corrected chi connectivity index (χ4v) is 3.19. The lowest BCUT2D eigenvalue weighted by atomic mass is 10.1. The highest BCUT2D eigenvalue weighted by molar-refractivity contribution is 5.52. The fraction of sp³-hybridized carbons (Fsp3) is 0.316. The van der Waals surface area contributed by atoms with Crippen molar-refractivity contribution in [3.8, 4) is 17.1 Å². The zero-order valence-electron chi connectivity index (χ0n) is 14.1. The van der Waals surface area contributed by atoms with Gasteiger partial charge in [0.05, 0.1) is 13.0 Å². The summed E-state index contributed by atoms with van der Waals surface area (Å²) in [4.78, 5) is 11.0. The topological polar surface area (TPSA) is 64.3 Å². The summed E-state index contributed by atoms with van der Waals surface area (Å²) < 4.78 is 10.7. The molecule has 0 saturated carbocycles. The van der Waals surface area contributed by atoms with Crippen LogP contribution in [0.15, 0.2) is 53.3 Å². The van der Waals surface area contributed by atoms with Gasteiger partial charge < -0.3 is 9.26 Å². The Kier molecular flexibility index (Phi) is 4.43. The zero-order chi connectivity index (χ0) is 17.1. The summed E-state index contributed by atoms with van der Waals surface area (Å²) in [7, 11) is 1.69. The SMILES string of the molecule is COc1ccc(CN2CC[C@@H](c3nc(-c4ccncc4)no3)C2)cc1. The second-order valence-corrected chi connectivity index (χ2v) is 6.26. The standard InChI is InChI=1S/C19H20N4O2/c1-24-17-4-2-14(3-5-17)12-23-11-8-16(13-23)19-21-18(22-25-19)15-6-9-20-10-7-15/h2-7,9-10,16H,8,11-13H2,1H3/t16-/m1/s1. The molecule has 6 nitrogen and oxygen atoms in total. The van der Waals surface area contributed by atoms with E-state index in [1.54, 1.807) is 19.5 Å². The summed E-state index contributed by atoms with van der Waals surface area (Å²) in [6, 6.07) is 12.0. The maximum Gasteiger partial charge on any atom is 0.231 e. The van der Waals surface area contributed by atoms with Crippen LogP contribution in [-0.4, -0.2) is 40.2 Å². The van der Waals surface area contributed by atoms with Gasteiger partial charge in [0.2, 0.25) is 11.7 Å². The third-order valence-corrected chi connectivity index (χ3v) is 4.57. The molecule has 1 aromatic carbocycles. The van der Waals surface area contributed by atoms with Crippen LogP contribution in [0.5, 0.6) is 5.75 Å². The fourth-order valence-electron chi connectivity index (χ4n) is 3.19. The lowest BCUT2D eigenvalue weighted by molar-refractivity contribution is 0.309. The van der Waals surface area contributed by atoms with E-state index in [2.05, 4.69) is 32.2 Å². The zero-order valence-corrected chi connectivity index (χ0v) is 14.1. The quantitative estimate of drug-likeness (QED) is 0.713. The van der Waals surface area contributed by atoms with Gasteiger partial charge in [-0.2, -0.15) is 4.98 Å². The number of methoxy groups -OCH3 is 1. The number of benzene rings is 1. The van der Waals surface area contributed by atoms with E-state index < -0.39 is 0 Å². The molecule has 25 heavy (non-hydrogen) atoms. The normalized spacial score (nSPS) is 17.7. The first kappa shape index (κ1) is 15.8. The number of nitrogens with zero attached hydrogens (tertiary/aromatic N) is 4. The average Bonchev–Trinajstić information content (AvgIpc) is 3.32. The minimum atomic E-state index is 0.293. The molecule has 0 amide bonds. The van der Waals surface area contributed by atoms with Crippen molar-refractivity contribution in [1.29, 1.82) is 0 Å². The summed E-state index contributed by atoms with van der Waals surface area (Å²) in [5, 5.41) is 4.11. The van der Waals surface area contributed by atoms with Crippen LogP contribution in [-0.2, 0) is 6.54 Å². The van der Waals surface area contributed by atoms with Gasteiger partial charge >= 0.3 is 0 Å². The Morgan fingerprint density at radius 2 is 1.96 bits per heavy atom. The summed E-state index contributed by atoms with van der Waals surface area (Å²) in [6.45, 7) is 2.89. The second-order valence-electron chi connectivity index (χ2n) is 6.26. The highest BCUT2D eigenvalue weighted by Crippen LogP contribution is 2.28. The lowest BCUT2D eigenvalue weighted by Crippen LogP contribution is -2.19. The molecule has 3 aromatic rings. The van der Waals surface area contributed by atoms with Gasteiger partial charge in [-0.1, -0.05) is 17.3 Å². The molecule has 0 spiro atoms. The molecule has 2 aromatic heterocycles. The molecule has 0 aliphatic carbocycles. The van der Waals surface area contributed by atoms with Crippen molar-refractivity contribution in [2.75, 3.05) is 20.2 Å². The van der Waals surface area contributed by atoms with E-state index in [0.29, 0.717) is 11.7 Å². The van der Waals surface area contributed by atoms with E-state index in [9.17, 15) is 0 Å². The number of ether oxygens (including phenoxy) is 1. The van der Waals surface area contributed by atoms with Crippen LogP contribution in [0.2, 0.25) is 0 Å². The van der Waals surface area contributed by atoms with Gasteiger partial charge in [0.1, 0.15) is 5.75 Å². The molecule has 1 atom stereocenters. The Labute approximate surface area is 146 Å². The molecule has 1 fully saturated rings. The molecular weight excluding hydrogens is 316 g/mol. The third kappa shape index (κ3) is 3.53. The van der Waals surface area contributed by atoms with Crippen molar-refractivity contribution in [3.63, 3.8) is 0 Å². The molecule has 3 heterocycles. The molecule has 0 unspecified atom stereocenters. The van der Waals surface area contributed by atoms with Crippen LogP contribution < -0.4 is 4.74 Å². The van der Waals surface area contributed by atoms with Gasteiger partial charge in [-0.25, -0.2) is 0 Å². The van der Waals surface area contributed by atoms with Crippen molar-refractivity contribution in [2.45, 2.75) is 18.9 Å². The van der Waals surface area contributed by atoms with Crippen LogP contribution in [0.3, 0.4) is 0 Å².